The third kappa shape index (κ3) is 3.96. The number of fused-ring (bicyclic) bond motifs is 9. The highest BCUT2D eigenvalue weighted by Gasteiger charge is 2.17. The lowest BCUT2D eigenvalue weighted by Gasteiger charge is -2.09. The fraction of sp³-hybridized carbons (Fsp3) is 0. The highest BCUT2D eigenvalue weighted by molar-refractivity contribution is 6.12. The van der Waals surface area contributed by atoms with Crippen molar-refractivity contribution in [1.29, 1.82) is 10.5 Å². The van der Waals surface area contributed by atoms with E-state index >= 15 is 0 Å². The summed E-state index contributed by atoms with van der Waals surface area (Å²) in [4.78, 5) is 5.17. The maximum Gasteiger partial charge on any atom is 0.138 e. The second-order valence-electron chi connectivity index (χ2n) is 12.3. The van der Waals surface area contributed by atoms with Gasteiger partial charge in [-0.1, -0.05) is 42.5 Å². The molecule has 0 N–H and O–H groups in total. The number of hydrogen-bond donors (Lipinski definition) is 0. The lowest BCUT2D eigenvalue weighted by atomic mass is 10.1. The highest BCUT2D eigenvalue weighted by Crippen LogP contribution is 2.38. The second kappa shape index (κ2) is 10.2. The molecule has 0 aliphatic rings. The number of pyridine rings is 1. The first kappa shape index (κ1) is 27.0. The molecule has 0 aliphatic carbocycles. The van der Waals surface area contributed by atoms with Gasteiger partial charge in [-0.2, -0.15) is 10.5 Å². The molecule has 49 heavy (non-hydrogen) atoms. The van der Waals surface area contributed by atoms with Crippen molar-refractivity contribution in [2.75, 3.05) is 0 Å². The molecule has 226 valence electrons. The van der Waals surface area contributed by atoms with Gasteiger partial charge in [0.2, 0.25) is 0 Å². The Morgan fingerprint density at radius 2 is 1.06 bits per heavy atom. The molecule has 6 heteroatoms. The molecule has 0 aliphatic heterocycles. The molecule has 0 bridgehead atoms. The van der Waals surface area contributed by atoms with Crippen LogP contribution < -0.4 is 0 Å². The summed E-state index contributed by atoms with van der Waals surface area (Å²) in [7, 11) is 0. The predicted molar refractivity (Wildman–Crippen MR) is 195 cm³/mol. The summed E-state index contributed by atoms with van der Waals surface area (Å²) < 4.78 is 10.7. The minimum absolute atomic E-state index is 0.567. The van der Waals surface area contributed by atoms with E-state index in [9.17, 15) is 10.5 Å². The quantitative estimate of drug-likeness (QED) is 0.196. The monoisotopic (exact) mass is 625 g/mol. The average molecular weight is 626 g/mol. The zero-order valence-corrected chi connectivity index (χ0v) is 25.9. The molecule has 0 unspecified atom stereocenters. The summed E-state index contributed by atoms with van der Waals surface area (Å²) in [6, 6.07) is 51.5. The Kier molecular flexibility index (Phi) is 5.61. The molecule has 0 fully saturated rings. The summed E-state index contributed by atoms with van der Waals surface area (Å²) in [5.74, 6) is 0.748. The van der Waals surface area contributed by atoms with Gasteiger partial charge in [0.15, 0.2) is 0 Å². The number of aromatic nitrogens is 3. The van der Waals surface area contributed by atoms with Crippen LogP contribution in [0.15, 0.2) is 144 Å². The van der Waals surface area contributed by atoms with Crippen LogP contribution in [0.25, 0.3) is 88.3 Å². The number of nitriles is 2. The van der Waals surface area contributed by atoms with Gasteiger partial charge in [0, 0.05) is 43.6 Å². The normalized spacial score (nSPS) is 11.6. The van der Waals surface area contributed by atoms with Crippen LogP contribution >= 0.6 is 0 Å². The van der Waals surface area contributed by atoms with Gasteiger partial charge in [-0.25, -0.2) is 4.98 Å². The van der Waals surface area contributed by atoms with Gasteiger partial charge in [-0.15, -0.1) is 0 Å². The topological polar surface area (TPSA) is 83.5 Å². The van der Waals surface area contributed by atoms with Gasteiger partial charge in [-0.3, -0.25) is 4.57 Å². The number of benzene rings is 6. The van der Waals surface area contributed by atoms with Crippen LogP contribution in [0.5, 0.6) is 0 Å². The first-order valence-electron chi connectivity index (χ1n) is 16.0. The van der Waals surface area contributed by atoms with Gasteiger partial charge in [0.1, 0.15) is 17.0 Å². The van der Waals surface area contributed by atoms with Crippen molar-refractivity contribution in [3.05, 3.63) is 151 Å². The molecule has 0 atom stereocenters. The predicted octanol–water partition coefficient (Wildman–Crippen LogP) is 10.6. The maximum atomic E-state index is 9.60. The van der Waals surface area contributed by atoms with E-state index in [2.05, 4.69) is 100 Å². The van der Waals surface area contributed by atoms with E-state index in [0.717, 1.165) is 77.5 Å². The first-order chi connectivity index (χ1) is 24.2. The van der Waals surface area contributed by atoms with Crippen molar-refractivity contribution in [1.82, 2.24) is 14.1 Å². The summed E-state index contributed by atoms with van der Waals surface area (Å²) in [5.41, 5.74) is 9.81. The Hall–Kier alpha value is -7.15. The molecule has 0 amide bonds. The smallest absolute Gasteiger partial charge is 0.138 e. The fourth-order valence-corrected chi connectivity index (χ4v) is 7.38. The molecule has 4 heterocycles. The van der Waals surface area contributed by atoms with Crippen LogP contribution in [0, 0.1) is 22.7 Å². The molecule has 10 rings (SSSR count). The van der Waals surface area contributed by atoms with Gasteiger partial charge < -0.3 is 8.98 Å². The van der Waals surface area contributed by atoms with Crippen LogP contribution in [0.1, 0.15) is 11.1 Å². The average Bonchev–Trinajstić information content (AvgIpc) is 3.81. The van der Waals surface area contributed by atoms with Crippen LogP contribution in [-0.2, 0) is 0 Å². The maximum absolute atomic E-state index is 9.60. The van der Waals surface area contributed by atoms with Crippen LogP contribution in [0.2, 0.25) is 0 Å². The molecule has 0 spiro atoms. The Labute approximate surface area is 279 Å². The minimum Gasteiger partial charge on any atom is -0.456 e. The largest absolute Gasteiger partial charge is 0.456 e. The van der Waals surface area contributed by atoms with Crippen molar-refractivity contribution in [3.63, 3.8) is 0 Å². The second-order valence-corrected chi connectivity index (χ2v) is 12.3. The standard InChI is InChI=1S/C43H23N5O/c44-24-26-12-16-39-32(20-26)33-21-27(25-45)13-17-40(33)48(39)43-11-5-8-36(46-43)28-14-18-41-34(22-28)35-23-29(15-19-42(35)49-41)47-37-9-3-1-6-30(37)31-7-2-4-10-38(31)47/h1-23H. The van der Waals surface area contributed by atoms with Crippen molar-refractivity contribution < 1.29 is 4.42 Å². The third-order valence-corrected chi connectivity index (χ3v) is 9.57. The minimum atomic E-state index is 0.567. The Bertz CT molecular complexity index is 2960. The van der Waals surface area contributed by atoms with Crippen molar-refractivity contribution >= 4 is 65.6 Å². The number of rotatable bonds is 3. The number of furan rings is 1. The van der Waals surface area contributed by atoms with E-state index in [1.807, 2.05) is 60.7 Å². The summed E-state index contributed by atoms with van der Waals surface area (Å²) in [6.45, 7) is 0. The molecular weight excluding hydrogens is 603 g/mol. The van der Waals surface area contributed by atoms with Crippen molar-refractivity contribution in [2.24, 2.45) is 0 Å². The van der Waals surface area contributed by atoms with Gasteiger partial charge in [-0.05, 0) is 97.1 Å². The molecule has 0 radical (unpaired) electrons. The molecule has 6 nitrogen and oxygen atoms in total. The Balaban J connectivity index is 1.14. The highest BCUT2D eigenvalue weighted by atomic mass is 16.3. The van der Waals surface area contributed by atoms with Gasteiger partial charge in [0.05, 0.1) is 51.0 Å². The van der Waals surface area contributed by atoms with Gasteiger partial charge in [0.25, 0.3) is 0 Å². The Morgan fingerprint density at radius 3 is 1.71 bits per heavy atom. The molecule has 0 saturated heterocycles. The number of nitrogens with zero attached hydrogens (tertiary/aromatic N) is 5. The van der Waals surface area contributed by atoms with E-state index < -0.39 is 0 Å². The van der Waals surface area contributed by atoms with E-state index in [1.165, 1.54) is 10.8 Å². The zero-order valence-electron chi connectivity index (χ0n) is 25.9. The van der Waals surface area contributed by atoms with E-state index in [0.29, 0.717) is 11.1 Å². The summed E-state index contributed by atoms with van der Waals surface area (Å²) >= 11 is 0. The van der Waals surface area contributed by atoms with Gasteiger partial charge >= 0.3 is 0 Å². The first-order valence-corrected chi connectivity index (χ1v) is 16.0. The lowest BCUT2D eigenvalue weighted by molar-refractivity contribution is 0.669. The molecule has 10 aromatic rings. The van der Waals surface area contributed by atoms with Crippen LogP contribution in [0.4, 0.5) is 0 Å². The van der Waals surface area contributed by atoms with E-state index in [1.54, 1.807) is 0 Å². The van der Waals surface area contributed by atoms with E-state index in [4.69, 9.17) is 9.40 Å². The summed E-state index contributed by atoms with van der Waals surface area (Å²) in [6.07, 6.45) is 0. The number of para-hydroxylation sites is 2. The Morgan fingerprint density at radius 1 is 0.469 bits per heavy atom. The fourth-order valence-electron chi connectivity index (χ4n) is 7.38. The zero-order chi connectivity index (χ0) is 32.6. The molecule has 0 saturated carbocycles. The lowest BCUT2D eigenvalue weighted by Crippen LogP contribution is -1.98. The number of hydrogen-bond acceptors (Lipinski definition) is 4. The molecule has 6 aromatic carbocycles. The molecule has 4 aromatic heterocycles. The van der Waals surface area contributed by atoms with Crippen molar-refractivity contribution in [2.45, 2.75) is 0 Å². The van der Waals surface area contributed by atoms with Crippen molar-refractivity contribution in [3.8, 4) is 34.9 Å². The van der Waals surface area contributed by atoms with Crippen LogP contribution in [0.3, 0.4) is 0 Å². The van der Waals surface area contributed by atoms with E-state index in [-0.39, 0.29) is 0 Å². The van der Waals surface area contributed by atoms with Crippen LogP contribution in [-0.4, -0.2) is 14.1 Å². The molecular formula is C43H23N5O. The SMILES string of the molecule is N#Cc1ccc2c(c1)c1cc(C#N)ccc1n2-c1cccc(-c2ccc3oc4ccc(-n5c6ccccc6c6ccccc65)cc4c3c2)n1. The summed E-state index contributed by atoms with van der Waals surface area (Å²) in [5, 5.41) is 25.5. The third-order valence-electron chi connectivity index (χ3n) is 9.57.